The fourth-order valence-corrected chi connectivity index (χ4v) is 4.58. The standard InChI is InChI=1S/C23H24FN5O5S/c1-15(30)25-11-19-12-29(23(31)34-19)18-7-8-20(21(24)9-18)17-5-3-16(4-6-17)10-27-35(32,33)22-13-28(2)14-26-22/h3-9,13-14,19,27H,10-12H2,1-2H3,(H,25,30)/t19-/m0/s1. The number of amides is 2. The lowest BCUT2D eigenvalue weighted by molar-refractivity contribution is -0.119. The molecule has 0 saturated carbocycles. The van der Waals surface area contributed by atoms with Gasteiger partial charge in [0.05, 0.1) is 25.1 Å². The van der Waals surface area contributed by atoms with Gasteiger partial charge < -0.3 is 14.6 Å². The Kier molecular flexibility index (Phi) is 6.85. The van der Waals surface area contributed by atoms with E-state index >= 15 is 0 Å². The van der Waals surface area contributed by atoms with E-state index in [1.54, 1.807) is 48.0 Å². The highest BCUT2D eigenvalue weighted by atomic mass is 32.2. The van der Waals surface area contributed by atoms with E-state index < -0.39 is 28.0 Å². The number of carbonyl (C=O) groups is 2. The first-order valence-corrected chi connectivity index (χ1v) is 12.2. The summed E-state index contributed by atoms with van der Waals surface area (Å²) in [5.74, 6) is -0.754. The van der Waals surface area contributed by atoms with E-state index in [1.807, 2.05) is 0 Å². The summed E-state index contributed by atoms with van der Waals surface area (Å²) < 4.78 is 48.8. The average molecular weight is 502 g/mol. The van der Waals surface area contributed by atoms with Gasteiger partial charge in [-0.05, 0) is 29.3 Å². The second-order valence-electron chi connectivity index (χ2n) is 8.12. The van der Waals surface area contributed by atoms with Gasteiger partial charge in [0, 0.05) is 32.3 Å². The summed E-state index contributed by atoms with van der Waals surface area (Å²) in [4.78, 5) is 28.4. The van der Waals surface area contributed by atoms with E-state index in [0.717, 1.165) is 0 Å². The quantitative estimate of drug-likeness (QED) is 0.488. The molecular weight excluding hydrogens is 477 g/mol. The van der Waals surface area contributed by atoms with Crippen molar-refractivity contribution < 1.29 is 27.1 Å². The second kappa shape index (κ2) is 9.84. The van der Waals surface area contributed by atoms with E-state index in [2.05, 4.69) is 15.0 Å². The molecule has 1 aromatic heterocycles. The van der Waals surface area contributed by atoms with Crippen LogP contribution in [0.4, 0.5) is 14.9 Å². The summed E-state index contributed by atoms with van der Waals surface area (Å²) in [6.45, 7) is 1.80. The van der Waals surface area contributed by atoms with Gasteiger partial charge in [-0.25, -0.2) is 27.3 Å². The molecule has 0 radical (unpaired) electrons. The van der Waals surface area contributed by atoms with Crippen molar-refractivity contribution in [2.45, 2.75) is 24.6 Å². The number of imidazole rings is 1. The number of cyclic esters (lactones) is 1. The molecule has 0 bridgehead atoms. The van der Waals surface area contributed by atoms with Crippen LogP contribution in [0.1, 0.15) is 12.5 Å². The zero-order valence-electron chi connectivity index (χ0n) is 19.1. The largest absolute Gasteiger partial charge is 0.442 e. The molecule has 0 spiro atoms. The first-order valence-electron chi connectivity index (χ1n) is 10.7. The maximum Gasteiger partial charge on any atom is 0.414 e. The smallest absolute Gasteiger partial charge is 0.414 e. The molecule has 10 nitrogen and oxygen atoms in total. The Balaban J connectivity index is 1.41. The Morgan fingerprint density at radius 1 is 1.23 bits per heavy atom. The molecule has 1 aliphatic heterocycles. The Hall–Kier alpha value is -3.77. The Bertz CT molecular complexity index is 1360. The number of hydrogen-bond donors (Lipinski definition) is 2. The zero-order chi connectivity index (χ0) is 25.2. The maximum absolute atomic E-state index is 14.9. The van der Waals surface area contributed by atoms with Gasteiger partial charge in [-0.2, -0.15) is 0 Å². The van der Waals surface area contributed by atoms with Crippen LogP contribution in [-0.2, 0) is 33.1 Å². The third-order valence-electron chi connectivity index (χ3n) is 5.40. The first kappa shape index (κ1) is 24.4. The van der Waals surface area contributed by atoms with Crippen LogP contribution in [0, 0.1) is 5.82 Å². The van der Waals surface area contributed by atoms with Crippen molar-refractivity contribution in [1.29, 1.82) is 0 Å². The van der Waals surface area contributed by atoms with Gasteiger partial charge in [0.2, 0.25) is 5.91 Å². The van der Waals surface area contributed by atoms with Crippen LogP contribution in [-0.4, -0.2) is 49.2 Å². The molecule has 3 aromatic rings. The van der Waals surface area contributed by atoms with Gasteiger partial charge in [0.1, 0.15) is 11.9 Å². The lowest BCUT2D eigenvalue weighted by Gasteiger charge is -2.15. The number of hydrogen-bond acceptors (Lipinski definition) is 6. The normalized spacial score (nSPS) is 15.8. The van der Waals surface area contributed by atoms with Crippen molar-refractivity contribution >= 4 is 27.7 Å². The summed E-state index contributed by atoms with van der Waals surface area (Å²) >= 11 is 0. The van der Waals surface area contributed by atoms with Gasteiger partial charge in [-0.1, -0.05) is 24.3 Å². The van der Waals surface area contributed by atoms with Crippen molar-refractivity contribution in [1.82, 2.24) is 19.6 Å². The second-order valence-corrected chi connectivity index (χ2v) is 9.83. The third kappa shape index (κ3) is 5.66. The molecule has 12 heteroatoms. The number of carbonyl (C=O) groups excluding carboxylic acids is 2. The molecule has 4 rings (SSSR count). The van der Waals surface area contributed by atoms with E-state index in [-0.39, 0.29) is 30.6 Å². The molecule has 35 heavy (non-hydrogen) atoms. The minimum Gasteiger partial charge on any atom is -0.442 e. The Morgan fingerprint density at radius 2 is 1.97 bits per heavy atom. The van der Waals surface area contributed by atoms with E-state index in [0.29, 0.717) is 22.4 Å². The van der Waals surface area contributed by atoms with Gasteiger partial charge in [-0.15, -0.1) is 0 Å². The van der Waals surface area contributed by atoms with Crippen molar-refractivity contribution in [2.24, 2.45) is 7.05 Å². The SMILES string of the molecule is CC(=O)NC[C@H]1CN(c2ccc(-c3ccc(CNS(=O)(=O)c4cn(C)cn4)cc3)c(F)c2)C(=O)O1. The van der Waals surface area contributed by atoms with Crippen molar-refractivity contribution in [3.8, 4) is 11.1 Å². The molecular formula is C23H24FN5O5S. The van der Waals surface area contributed by atoms with Crippen LogP contribution in [0.15, 0.2) is 60.0 Å². The van der Waals surface area contributed by atoms with E-state index in [4.69, 9.17) is 4.74 Å². The summed E-state index contributed by atoms with van der Waals surface area (Å²) in [7, 11) is -2.06. The molecule has 1 atom stereocenters. The predicted octanol–water partition coefficient (Wildman–Crippen LogP) is 2.17. The van der Waals surface area contributed by atoms with Crippen molar-refractivity contribution in [2.75, 3.05) is 18.0 Å². The number of aromatic nitrogens is 2. The number of anilines is 1. The number of halogens is 1. The predicted molar refractivity (Wildman–Crippen MR) is 125 cm³/mol. The number of nitrogens with zero attached hydrogens (tertiary/aromatic N) is 3. The van der Waals surface area contributed by atoms with E-state index in [9.17, 15) is 22.4 Å². The number of nitrogens with one attached hydrogen (secondary N) is 2. The number of aryl methyl sites for hydroxylation is 1. The Labute approximate surface area is 201 Å². The summed E-state index contributed by atoms with van der Waals surface area (Å²) in [5.41, 5.74) is 1.96. The molecule has 2 aromatic carbocycles. The molecule has 184 valence electrons. The summed E-state index contributed by atoms with van der Waals surface area (Å²) in [6.07, 6.45) is 1.69. The molecule has 2 N–H and O–H groups in total. The molecule has 2 heterocycles. The molecule has 1 saturated heterocycles. The fourth-order valence-electron chi connectivity index (χ4n) is 3.58. The number of sulfonamides is 1. The maximum atomic E-state index is 14.9. The highest BCUT2D eigenvalue weighted by Gasteiger charge is 2.32. The van der Waals surface area contributed by atoms with Crippen molar-refractivity contribution in [3.63, 3.8) is 0 Å². The molecule has 1 aliphatic rings. The lowest BCUT2D eigenvalue weighted by Crippen LogP contribution is -2.33. The monoisotopic (exact) mass is 501 g/mol. The van der Waals surface area contributed by atoms with Crippen LogP contribution in [0.3, 0.4) is 0 Å². The third-order valence-corrected chi connectivity index (χ3v) is 6.69. The molecule has 1 fully saturated rings. The molecule has 0 unspecified atom stereocenters. The minimum absolute atomic E-state index is 0.0529. The zero-order valence-corrected chi connectivity index (χ0v) is 19.9. The highest BCUT2D eigenvalue weighted by Crippen LogP contribution is 2.29. The molecule has 2 amide bonds. The highest BCUT2D eigenvalue weighted by molar-refractivity contribution is 7.89. The number of ether oxygens (including phenoxy) is 1. The lowest BCUT2D eigenvalue weighted by atomic mass is 10.0. The Morgan fingerprint density at radius 3 is 2.60 bits per heavy atom. The van der Waals surface area contributed by atoms with Crippen LogP contribution in [0.25, 0.3) is 11.1 Å². The first-order chi connectivity index (χ1) is 16.6. The fraction of sp³-hybridized carbons (Fsp3) is 0.261. The van der Waals surface area contributed by atoms with Gasteiger partial charge in [0.25, 0.3) is 10.0 Å². The van der Waals surface area contributed by atoms with Gasteiger partial charge in [-0.3, -0.25) is 9.69 Å². The van der Waals surface area contributed by atoms with Crippen LogP contribution >= 0.6 is 0 Å². The number of benzene rings is 2. The minimum atomic E-state index is -3.74. The number of rotatable bonds is 8. The van der Waals surface area contributed by atoms with Crippen LogP contribution < -0.4 is 14.9 Å². The van der Waals surface area contributed by atoms with Crippen LogP contribution in [0.5, 0.6) is 0 Å². The summed E-state index contributed by atoms with van der Waals surface area (Å²) in [5, 5.41) is 2.53. The van der Waals surface area contributed by atoms with Crippen LogP contribution in [0.2, 0.25) is 0 Å². The topological polar surface area (TPSA) is 123 Å². The van der Waals surface area contributed by atoms with E-state index in [1.165, 1.54) is 30.4 Å². The molecule has 0 aliphatic carbocycles. The van der Waals surface area contributed by atoms with Gasteiger partial charge in [0.15, 0.2) is 5.03 Å². The summed E-state index contributed by atoms with van der Waals surface area (Å²) in [6, 6.07) is 11.2. The average Bonchev–Trinajstić information content (AvgIpc) is 3.42. The van der Waals surface area contributed by atoms with Gasteiger partial charge >= 0.3 is 6.09 Å². The van der Waals surface area contributed by atoms with Crippen molar-refractivity contribution in [3.05, 3.63) is 66.4 Å².